The molecule has 0 aliphatic heterocycles. The Labute approximate surface area is 179 Å². The molecule has 2 aromatic carbocycles. The molecule has 156 valence electrons. The van der Waals surface area contributed by atoms with Crippen LogP contribution in [0.4, 0.5) is 0 Å². The summed E-state index contributed by atoms with van der Waals surface area (Å²) >= 11 is 1.23. The first-order chi connectivity index (χ1) is 14.7. The van der Waals surface area contributed by atoms with E-state index >= 15 is 0 Å². The highest BCUT2D eigenvalue weighted by molar-refractivity contribution is 7.99. The van der Waals surface area contributed by atoms with Crippen molar-refractivity contribution in [1.82, 2.24) is 20.2 Å². The van der Waals surface area contributed by atoms with E-state index in [9.17, 15) is 14.7 Å². The van der Waals surface area contributed by atoms with Crippen LogP contribution in [0.15, 0.2) is 72.0 Å². The lowest BCUT2D eigenvalue weighted by molar-refractivity contribution is -0.122. The molecule has 3 aromatic rings. The Bertz CT molecular complexity index is 961. The van der Waals surface area contributed by atoms with Crippen LogP contribution in [0.25, 0.3) is 0 Å². The molecule has 0 aliphatic rings. The molecule has 1 heterocycles. The summed E-state index contributed by atoms with van der Waals surface area (Å²) in [6.45, 7) is 0.669. The van der Waals surface area contributed by atoms with Crippen molar-refractivity contribution in [3.05, 3.63) is 83.7 Å². The molecule has 0 fully saturated rings. The van der Waals surface area contributed by atoms with Crippen molar-refractivity contribution in [3.8, 4) is 0 Å². The van der Waals surface area contributed by atoms with Crippen LogP contribution in [-0.4, -0.2) is 32.2 Å². The number of carbonyl (C=O) groups is 2. The molecule has 0 aliphatic carbocycles. The van der Waals surface area contributed by atoms with Crippen molar-refractivity contribution in [2.75, 3.05) is 5.75 Å². The number of thioether (sulfide) groups is 1. The molecular formula is C22H24N4O3S. The predicted molar refractivity (Wildman–Crippen MR) is 115 cm³/mol. The number of hydrogen-bond acceptors (Lipinski definition) is 5. The van der Waals surface area contributed by atoms with Crippen LogP contribution >= 0.6 is 11.8 Å². The first-order valence-electron chi connectivity index (χ1n) is 9.55. The number of aliphatic hydroxyl groups excluding tert-OH is 1. The zero-order valence-electron chi connectivity index (χ0n) is 16.5. The zero-order valence-corrected chi connectivity index (χ0v) is 17.3. The van der Waals surface area contributed by atoms with Gasteiger partial charge in [-0.05, 0) is 11.1 Å². The van der Waals surface area contributed by atoms with Gasteiger partial charge in [0.05, 0.1) is 24.3 Å². The fraction of sp³-hybridized carbons (Fsp3) is 0.227. The van der Waals surface area contributed by atoms with Crippen LogP contribution in [0, 0.1) is 0 Å². The third-order valence-electron chi connectivity index (χ3n) is 4.36. The van der Waals surface area contributed by atoms with Crippen LogP contribution < -0.4 is 10.6 Å². The number of nitrogens with one attached hydrogen (secondary N) is 2. The summed E-state index contributed by atoms with van der Waals surface area (Å²) in [6, 6.07) is 19.3. The smallest absolute Gasteiger partial charge is 0.240 e. The number of amides is 2. The minimum absolute atomic E-state index is 0.0245. The number of nitrogens with zero attached hydrogens (tertiary/aromatic N) is 2. The van der Waals surface area contributed by atoms with Crippen molar-refractivity contribution in [2.45, 2.75) is 31.4 Å². The summed E-state index contributed by atoms with van der Waals surface area (Å²) < 4.78 is 1.63. The van der Waals surface area contributed by atoms with E-state index in [-0.39, 0.29) is 30.7 Å². The van der Waals surface area contributed by atoms with Gasteiger partial charge < -0.3 is 20.3 Å². The SMILES string of the molecule is O=C(CSc1ncc(CO)n1CC(=O)NCc1ccccc1)NCc1ccccc1. The molecule has 2 amide bonds. The first kappa shape index (κ1) is 21.6. The van der Waals surface area contributed by atoms with Gasteiger partial charge in [-0.25, -0.2) is 4.98 Å². The van der Waals surface area contributed by atoms with E-state index < -0.39 is 0 Å². The fourth-order valence-corrected chi connectivity index (χ4v) is 3.60. The van der Waals surface area contributed by atoms with Gasteiger partial charge in [0.1, 0.15) is 6.54 Å². The highest BCUT2D eigenvalue weighted by Gasteiger charge is 2.15. The van der Waals surface area contributed by atoms with E-state index in [0.717, 1.165) is 11.1 Å². The molecule has 8 heteroatoms. The van der Waals surface area contributed by atoms with Gasteiger partial charge in [-0.2, -0.15) is 0 Å². The summed E-state index contributed by atoms with van der Waals surface area (Å²) in [6.07, 6.45) is 1.52. The molecule has 0 bridgehead atoms. The summed E-state index contributed by atoms with van der Waals surface area (Å²) in [5.41, 5.74) is 2.55. The minimum atomic E-state index is -0.236. The molecule has 0 spiro atoms. The Hall–Kier alpha value is -3.10. The molecule has 3 N–H and O–H groups in total. The summed E-state index contributed by atoms with van der Waals surface area (Å²) in [5.74, 6) is -0.153. The van der Waals surface area contributed by atoms with E-state index in [4.69, 9.17) is 0 Å². The summed E-state index contributed by atoms with van der Waals surface area (Å²) in [7, 11) is 0. The number of aliphatic hydroxyl groups is 1. The molecular weight excluding hydrogens is 400 g/mol. The minimum Gasteiger partial charge on any atom is -0.390 e. The largest absolute Gasteiger partial charge is 0.390 e. The highest BCUT2D eigenvalue weighted by atomic mass is 32.2. The number of carbonyl (C=O) groups excluding carboxylic acids is 2. The number of hydrogen-bond donors (Lipinski definition) is 3. The fourth-order valence-electron chi connectivity index (χ4n) is 2.78. The number of imidazole rings is 1. The predicted octanol–water partition coefficient (Wildman–Crippen LogP) is 2.10. The van der Waals surface area contributed by atoms with Crippen LogP contribution in [-0.2, 0) is 35.8 Å². The van der Waals surface area contributed by atoms with Crippen LogP contribution in [0.5, 0.6) is 0 Å². The third kappa shape index (κ3) is 6.47. The lowest BCUT2D eigenvalue weighted by atomic mass is 10.2. The van der Waals surface area contributed by atoms with Crippen molar-refractivity contribution >= 4 is 23.6 Å². The quantitative estimate of drug-likeness (QED) is 0.433. The van der Waals surface area contributed by atoms with Crippen molar-refractivity contribution in [1.29, 1.82) is 0 Å². The normalized spacial score (nSPS) is 10.6. The molecule has 7 nitrogen and oxygen atoms in total. The maximum atomic E-state index is 12.4. The highest BCUT2D eigenvalue weighted by Crippen LogP contribution is 2.18. The molecule has 3 rings (SSSR count). The van der Waals surface area contributed by atoms with Gasteiger partial charge in [0.25, 0.3) is 0 Å². The standard InChI is InChI=1S/C22H24N4O3S/c27-15-19-13-25-22(30-16-21(29)24-12-18-9-5-2-6-10-18)26(19)14-20(28)23-11-17-7-3-1-4-8-17/h1-10,13,27H,11-12,14-16H2,(H,23,28)(H,24,29). The third-order valence-corrected chi connectivity index (χ3v) is 5.35. The molecule has 0 saturated carbocycles. The molecule has 0 radical (unpaired) electrons. The Kier molecular flexibility index (Phi) is 8.05. The Morgan fingerprint density at radius 1 is 0.900 bits per heavy atom. The van der Waals surface area contributed by atoms with Crippen molar-refractivity contribution in [2.24, 2.45) is 0 Å². The van der Waals surface area contributed by atoms with Gasteiger partial charge in [-0.3, -0.25) is 9.59 Å². The Morgan fingerprint density at radius 2 is 1.47 bits per heavy atom. The first-order valence-corrected chi connectivity index (χ1v) is 10.5. The van der Waals surface area contributed by atoms with E-state index in [2.05, 4.69) is 15.6 Å². The van der Waals surface area contributed by atoms with E-state index in [1.54, 1.807) is 4.57 Å². The number of benzene rings is 2. The summed E-state index contributed by atoms with van der Waals surface area (Å²) in [4.78, 5) is 28.8. The zero-order chi connectivity index (χ0) is 21.2. The van der Waals surface area contributed by atoms with E-state index in [1.807, 2.05) is 60.7 Å². The molecule has 1 aromatic heterocycles. The second-order valence-electron chi connectivity index (χ2n) is 6.59. The van der Waals surface area contributed by atoms with Gasteiger partial charge in [-0.1, -0.05) is 72.4 Å². The Morgan fingerprint density at radius 3 is 2.03 bits per heavy atom. The maximum Gasteiger partial charge on any atom is 0.240 e. The second kappa shape index (κ2) is 11.2. The van der Waals surface area contributed by atoms with Crippen molar-refractivity contribution in [3.63, 3.8) is 0 Å². The van der Waals surface area contributed by atoms with Crippen LogP contribution in [0.2, 0.25) is 0 Å². The second-order valence-corrected chi connectivity index (χ2v) is 7.53. The lowest BCUT2D eigenvalue weighted by Gasteiger charge is -2.11. The average Bonchev–Trinajstić information content (AvgIpc) is 3.17. The molecule has 0 atom stereocenters. The van der Waals surface area contributed by atoms with E-state index in [1.165, 1.54) is 18.0 Å². The van der Waals surface area contributed by atoms with Gasteiger partial charge in [0.2, 0.25) is 11.8 Å². The maximum absolute atomic E-state index is 12.4. The van der Waals surface area contributed by atoms with Gasteiger partial charge in [0, 0.05) is 13.1 Å². The van der Waals surface area contributed by atoms with Crippen LogP contribution in [0.1, 0.15) is 16.8 Å². The van der Waals surface area contributed by atoms with Gasteiger partial charge >= 0.3 is 0 Å². The number of rotatable bonds is 10. The van der Waals surface area contributed by atoms with Gasteiger partial charge in [-0.15, -0.1) is 0 Å². The Balaban J connectivity index is 1.52. The monoisotopic (exact) mass is 424 g/mol. The van der Waals surface area contributed by atoms with E-state index in [0.29, 0.717) is 23.9 Å². The molecule has 0 saturated heterocycles. The molecule has 0 unspecified atom stereocenters. The number of aromatic nitrogens is 2. The topological polar surface area (TPSA) is 96.2 Å². The van der Waals surface area contributed by atoms with Crippen molar-refractivity contribution < 1.29 is 14.7 Å². The lowest BCUT2D eigenvalue weighted by Crippen LogP contribution is -2.28. The molecule has 30 heavy (non-hydrogen) atoms. The summed E-state index contributed by atoms with van der Waals surface area (Å²) in [5, 5.41) is 15.8. The van der Waals surface area contributed by atoms with Gasteiger partial charge in [0.15, 0.2) is 5.16 Å². The average molecular weight is 425 g/mol. The van der Waals surface area contributed by atoms with Crippen LogP contribution in [0.3, 0.4) is 0 Å².